The normalized spacial score (nSPS) is 32.4. The van der Waals surface area contributed by atoms with Gasteiger partial charge >= 0.3 is 11.9 Å². The van der Waals surface area contributed by atoms with Gasteiger partial charge in [-0.1, -0.05) is 59.8 Å². The molecule has 2 amide bonds. The Labute approximate surface area is 391 Å². The average Bonchev–Trinajstić information content (AvgIpc) is 3.80. The molecule has 67 heavy (non-hydrogen) atoms. The first-order valence-electron chi connectivity index (χ1n) is 23.7. The first kappa shape index (κ1) is 49.8. The molecule has 1 spiro atoms. The maximum atomic E-state index is 14.9. The number of aliphatic hydroxyl groups excluding tert-OH is 2. The zero-order valence-electron chi connectivity index (χ0n) is 40.4. The van der Waals surface area contributed by atoms with Gasteiger partial charge in [0, 0.05) is 106 Å². The van der Waals surface area contributed by atoms with Gasteiger partial charge in [-0.05, 0) is 38.7 Å². The van der Waals surface area contributed by atoms with E-state index in [1.807, 2.05) is 0 Å². The topological polar surface area (TPSA) is 230 Å². The molecule has 6 aliphatic heterocycles. The van der Waals surface area contributed by atoms with Gasteiger partial charge in [-0.25, -0.2) is 9.79 Å². The zero-order chi connectivity index (χ0) is 48.7. The van der Waals surface area contributed by atoms with Crippen LogP contribution in [-0.4, -0.2) is 125 Å². The van der Waals surface area contributed by atoms with E-state index in [4.69, 9.17) is 28.7 Å². The number of methoxy groups -OCH3 is 1. The lowest BCUT2D eigenvalue weighted by molar-refractivity contribution is -0.114. The predicted molar refractivity (Wildman–Crippen MR) is 249 cm³/mol. The van der Waals surface area contributed by atoms with Crippen LogP contribution in [0.3, 0.4) is 0 Å². The smallest absolute Gasteiger partial charge is 0.407 e. The van der Waals surface area contributed by atoms with Crippen LogP contribution < -0.4 is 26.1 Å². The fourth-order valence-electron chi connectivity index (χ4n) is 10.2. The van der Waals surface area contributed by atoms with Crippen LogP contribution in [0.5, 0.6) is 17.2 Å². The number of allylic oxidation sites excluding steroid dienone is 2. The molecule has 0 aliphatic carbocycles. The number of piperidine rings is 1. The number of benzene rings is 2. The second kappa shape index (κ2) is 19.9. The number of ether oxygens (including phenoxy) is 5. The Bertz CT molecular complexity index is 2460. The minimum absolute atomic E-state index is 0.0483. The lowest BCUT2D eigenvalue weighted by atomic mass is 9.78. The van der Waals surface area contributed by atoms with Crippen LogP contribution in [0, 0.1) is 36.5 Å². The quantitative estimate of drug-likeness (QED) is 0.215. The number of nitrogens with one attached hydrogen (secondary N) is 2. The van der Waals surface area contributed by atoms with E-state index >= 15 is 0 Å². The van der Waals surface area contributed by atoms with E-state index in [0.29, 0.717) is 50.5 Å². The molecule has 5 bridgehead atoms. The summed E-state index contributed by atoms with van der Waals surface area (Å²) in [6.45, 7) is 19.3. The minimum atomic E-state index is -1.97. The molecule has 2 aromatic carbocycles. The molecule has 2 fully saturated rings. The van der Waals surface area contributed by atoms with Crippen molar-refractivity contribution in [2.75, 3.05) is 45.3 Å². The summed E-state index contributed by atoms with van der Waals surface area (Å²) in [6, 6.07) is -0.157. The minimum Gasteiger partial charge on any atom is -0.507 e. The van der Waals surface area contributed by atoms with Gasteiger partial charge in [0.05, 0.1) is 41.2 Å². The summed E-state index contributed by atoms with van der Waals surface area (Å²) in [6.07, 6.45) is 5.46. The molecule has 6 aliphatic rings. The van der Waals surface area contributed by atoms with Crippen molar-refractivity contribution in [2.24, 2.45) is 39.6 Å². The molecule has 2 aromatic rings. The Kier molecular flexibility index (Phi) is 14.8. The number of nitrogens with zero attached hydrogens (tertiary/aromatic N) is 3. The number of Topliss-reactive ketones (excluding diaryl/α,β-unsaturated/α-hetero) is 1. The molecular formula is C50H69N5O12. The van der Waals surface area contributed by atoms with Gasteiger partial charge in [-0.2, -0.15) is 0 Å². The molecule has 366 valence electrons. The number of amides is 2. The number of rotatable bonds is 5. The second-order valence-corrected chi connectivity index (χ2v) is 19.8. The van der Waals surface area contributed by atoms with E-state index in [2.05, 4.69) is 34.4 Å². The molecule has 9 atom stereocenters. The van der Waals surface area contributed by atoms with E-state index in [-0.39, 0.29) is 55.7 Å². The molecule has 2 saturated heterocycles. The van der Waals surface area contributed by atoms with E-state index in [1.165, 1.54) is 20.3 Å². The third-order valence-corrected chi connectivity index (χ3v) is 14.4. The van der Waals surface area contributed by atoms with Crippen molar-refractivity contribution < 1.29 is 58.5 Å². The van der Waals surface area contributed by atoms with Crippen LogP contribution in [0.4, 0.5) is 10.5 Å². The Morgan fingerprint density at radius 2 is 1.66 bits per heavy atom. The number of alkyl carbamates (subject to hydrolysis) is 1. The number of ketones is 1. The van der Waals surface area contributed by atoms with Crippen molar-refractivity contribution in [2.45, 2.75) is 130 Å². The number of hydrogen-bond acceptors (Lipinski definition) is 15. The lowest BCUT2D eigenvalue weighted by Crippen LogP contribution is -2.49. The van der Waals surface area contributed by atoms with E-state index in [0.717, 1.165) is 19.6 Å². The number of hydrogen-bond donors (Lipinski definition) is 6. The number of phenols is 2. The highest BCUT2D eigenvalue weighted by atomic mass is 16.7. The standard InChI is InChI=1S/C50H69N5O12/c1-25(2)24-55-19-17-50(18-20-55)53-37-34-35-42(58)31(8)45-36(34)46(60)49(9,67-45)65-23-16-33(63-10)28(5)44(66-48(62)51-32-14-21-64-22-15-32)30(7)41(57)29(6)40(56)26(3)12-11-13-27(4)47(61)52-39(43(35)59)38(37)54-50/h11-13,16,23,25-26,28-30,32-33,40-41,44,53,56-59H,14-15,17-22,24H2,1-10H3,(H,51,62)/b12-11+,23-16+,27-13-,52-39?/t26-,28+,29+,30+,33-,40-,41+,44+,49-/m0/s1. The fourth-order valence-corrected chi connectivity index (χ4v) is 10.2. The van der Waals surface area contributed by atoms with Gasteiger partial charge < -0.3 is 59.6 Å². The van der Waals surface area contributed by atoms with Crippen molar-refractivity contribution in [1.82, 2.24) is 10.2 Å². The monoisotopic (exact) mass is 931 g/mol. The largest absolute Gasteiger partial charge is 0.507 e. The molecule has 0 aromatic heterocycles. The number of likely N-dealkylation sites (tertiary alicyclic amines) is 1. The van der Waals surface area contributed by atoms with E-state index < -0.39 is 83.1 Å². The highest BCUT2D eigenvalue weighted by molar-refractivity contribution is 6.21. The summed E-state index contributed by atoms with van der Waals surface area (Å²) in [5, 5.41) is 54.1. The van der Waals surface area contributed by atoms with Gasteiger partial charge in [-0.3, -0.25) is 14.6 Å². The SMILES string of the molecule is CO[C@H]1/C=C/O[C@@]2(C)Oc3c(C)c(O)c4c(O)c(c5c(c4c3C2=O)NC2(CCN(CC(C)C)CC2)N=5)=NC(=O)/C(C)=C\C=C\[C@H](C)[C@H](O)[C@@H](C)[C@@H](O)[C@@H](C)[C@H](OC(=O)NC2CCOCC2)[C@@H]1C. The number of fused-ring (bicyclic) bond motifs is 13. The lowest BCUT2D eigenvalue weighted by Gasteiger charge is -2.38. The molecule has 6 N–H and O–H groups in total. The van der Waals surface area contributed by atoms with Crippen LogP contribution >= 0.6 is 0 Å². The van der Waals surface area contributed by atoms with Crippen molar-refractivity contribution in [3.63, 3.8) is 0 Å². The van der Waals surface area contributed by atoms with Gasteiger partial charge in [0.25, 0.3) is 11.7 Å². The number of carbonyl (C=O) groups excluding carboxylic acids is 3. The number of aliphatic hydroxyl groups is 2. The highest BCUT2D eigenvalue weighted by Crippen LogP contribution is 2.51. The van der Waals surface area contributed by atoms with Crippen molar-refractivity contribution in [1.29, 1.82) is 0 Å². The Morgan fingerprint density at radius 3 is 2.31 bits per heavy atom. The predicted octanol–water partition coefficient (Wildman–Crippen LogP) is 5.09. The molecule has 17 heteroatoms. The van der Waals surface area contributed by atoms with Gasteiger partial charge in [-0.15, -0.1) is 0 Å². The Morgan fingerprint density at radius 1 is 0.970 bits per heavy atom. The van der Waals surface area contributed by atoms with Crippen LogP contribution in [0.15, 0.2) is 46.1 Å². The summed E-state index contributed by atoms with van der Waals surface area (Å²) < 4.78 is 30.0. The third kappa shape index (κ3) is 9.80. The number of aromatic hydroxyl groups is 2. The summed E-state index contributed by atoms with van der Waals surface area (Å²) >= 11 is 0. The van der Waals surface area contributed by atoms with E-state index in [1.54, 1.807) is 65.8 Å². The second-order valence-electron chi connectivity index (χ2n) is 19.8. The van der Waals surface area contributed by atoms with Crippen LogP contribution in [0.2, 0.25) is 0 Å². The first-order chi connectivity index (χ1) is 31.7. The number of phenolic OH excluding ortho intramolecular Hbond substituents is 2. The molecule has 6 heterocycles. The third-order valence-electron chi connectivity index (χ3n) is 14.4. The Balaban J connectivity index is 1.35. The molecule has 0 unspecified atom stereocenters. The molecular weight excluding hydrogens is 863 g/mol. The molecule has 0 saturated carbocycles. The molecule has 0 radical (unpaired) electrons. The van der Waals surface area contributed by atoms with Gasteiger partial charge in [0.2, 0.25) is 0 Å². The summed E-state index contributed by atoms with van der Waals surface area (Å²) in [5.74, 6) is -6.23. The van der Waals surface area contributed by atoms with Crippen molar-refractivity contribution >= 4 is 34.2 Å². The summed E-state index contributed by atoms with van der Waals surface area (Å²) in [5.41, 5.74) is -0.141. The van der Waals surface area contributed by atoms with Crippen LogP contribution in [0.1, 0.15) is 97.0 Å². The van der Waals surface area contributed by atoms with E-state index in [9.17, 15) is 34.8 Å². The molecule has 8 rings (SSSR count). The van der Waals surface area contributed by atoms with Crippen molar-refractivity contribution in [3.8, 4) is 17.2 Å². The maximum Gasteiger partial charge on any atom is 0.407 e. The van der Waals surface area contributed by atoms with Gasteiger partial charge in [0.15, 0.2) is 5.75 Å². The zero-order valence-corrected chi connectivity index (χ0v) is 40.4. The summed E-state index contributed by atoms with van der Waals surface area (Å²) in [4.78, 5) is 54.3. The first-order valence-corrected chi connectivity index (χ1v) is 23.7. The fraction of sp³-hybridized carbons (Fsp3) is 0.620. The van der Waals surface area contributed by atoms with Crippen LogP contribution in [0.25, 0.3) is 10.8 Å². The van der Waals surface area contributed by atoms with Crippen LogP contribution in [-0.2, 0) is 23.7 Å². The maximum absolute atomic E-state index is 14.9. The Hall–Kier alpha value is -5.07. The average molecular weight is 932 g/mol. The van der Waals surface area contributed by atoms with Crippen molar-refractivity contribution in [3.05, 3.63) is 58.0 Å². The summed E-state index contributed by atoms with van der Waals surface area (Å²) in [7, 11) is 1.48. The molecule has 17 nitrogen and oxygen atoms in total. The number of carbonyl (C=O) groups is 3. The highest BCUT2D eigenvalue weighted by Gasteiger charge is 2.51. The van der Waals surface area contributed by atoms with Gasteiger partial charge in [0.1, 0.15) is 34.0 Å². The number of anilines is 1.